The van der Waals surface area contributed by atoms with Gasteiger partial charge >= 0.3 is 5.97 Å². The predicted molar refractivity (Wildman–Crippen MR) is 57.2 cm³/mol. The van der Waals surface area contributed by atoms with Crippen LogP contribution in [0.15, 0.2) is 12.7 Å². The fourth-order valence-corrected chi connectivity index (χ4v) is 1.59. The Morgan fingerprint density at radius 1 is 1.44 bits per heavy atom. The molecule has 0 atom stereocenters. The average molecular weight is 241 g/mol. The first kappa shape index (κ1) is 10.8. The number of hydrogen-bond donors (Lipinski definition) is 1. The van der Waals surface area contributed by atoms with Gasteiger partial charge in [0.2, 0.25) is 0 Å². The lowest BCUT2D eigenvalue weighted by Gasteiger charge is -2.01. The third kappa shape index (κ3) is 2.11. The van der Waals surface area contributed by atoms with E-state index < -0.39 is 5.97 Å². The normalized spacial score (nSPS) is 10.8. The van der Waals surface area contributed by atoms with Gasteiger partial charge in [0.1, 0.15) is 11.8 Å². The van der Waals surface area contributed by atoms with Gasteiger partial charge in [0.15, 0.2) is 10.8 Å². The third-order valence-electron chi connectivity index (χ3n) is 2.15. The summed E-state index contributed by atoms with van der Waals surface area (Å²) in [7, 11) is 0. The van der Waals surface area contributed by atoms with E-state index in [1.165, 1.54) is 6.33 Å². The lowest BCUT2D eigenvalue weighted by molar-refractivity contribution is -0.137. The number of nitrogens with zero attached hydrogens (tertiary/aromatic N) is 4. The smallest absolute Gasteiger partial charge is 0.303 e. The Bertz CT molecular complexity index is 525. The molecule has 0 aliphatic heterocycles. The molecule has 2 heterocycles. The van der Waals surface area contributed by atoms with Gasteiger partial charge in [-0.1, -0.05) is 11.6 Å². The van der Waals surface area contributed by atoms with Gasteiger partial charge < -0.3 is 9.67 Å². The maximum absolute atomic E-state index is 10.4. The molecule has 6 nitrogen and oxygen atoms in total. The molecule has 1 N–H and O–H groups in total. The molecule has 0 aliphatic carbocycles. The molecule has 84 valence electrons. The zero-order valence-electron chi connectivity index (χ0n) is 8.30. The van der Waals surface area contributed by atoms with E-state index in [9.17, 15) is 4.79 Å². The van der Waals surface area contributed by atoms with Crippen molar-refractivity contribution in [1.82, 2.24) is 19.5 Å². The lowest BCUT2D eigenvalue weighted by Crippen LogP contribution is -2.01. The number of imidazole rings is 1. The first-order valence-electron chi connectivity index (χ1n) is 4.71. The molecule has 0 saturated carbocycles. The van der Waals surface area contributed by atoms with Crippen LogP contribution in [0.25, 0.3) is 11.2 Å². The number of fused-ring (bicyclic) bond motifs is 1. The van der Waals surface area contributed by atoms with Gasteiger partial charge in [-0.15, -0.1) is 0 Å². The monoisotopic (exact) mass is 240 g/mol. The summed E-state index contributed by atoms with van der Waals surface area (Å²) in [5.74, 6) is -0.808. The van der Waals surface area contributed by atoms with Crippen LogP contribution in [0.1, 0.15) is 12.8 Å². The van der Waals surface area contributed by atoms with Crippen LogP contribution in [0.2, 0.25) is 5.15 Å². The summed E-state index contributed by atoms with van der Waals surface area (Å²) in [6.07, 6.45) is 3.61. The van der Waals surface area contributed by atoms with Crippen LogP contribution < -0.4 is 0 Å². The second-order valence-corrected chi connectivity index (χ2v) is 3.63. The molecular weight excluding hydrogens is 232 g/mol. The highest BCUT2D eigenvalue weighted by Gasteiger charge is 2.08. The van der Waals surface area contributed by atoms with Gasteiger partial charge in [0.05, 0.1) is 6.33 Å². The maximum atomic E-state index is 10.4. The van der Waals surface area contributed by atoms with Gasteiger partial charge in [-0.2, -0.15) is 0 Å². The van der Waals surface area contributed by atoms with Crippen molar-refractivity contribution < 1.29 is 9.90 Å². The molecule has 0 aromatic carbocycles. The summed E-state index contributed by atoms with van der Waals surface area (Å²) >= 11 is 5.83. The minimum atomic E-state index is -0.808. The summed E-state index contributed by atoms with van der Waals surface area (Å²) in [6.45, 7) is 0.552. The Labute approximate surface area is 95.9 Å². The second-order valence-electron chi connectivity index (χ2n) is 3.27. The van der Waals surface area contributed by atoms with Crippen molar-refractivity contribution in [2.45, 2.75) is 19.4 Å². The fraction of sp³-hybridized carbons (Fsp3) is 0.333. The minimum Gasteiger partial charge on any atom is -0.481 e. The Balaban J connectivity index is 2.19. The molecule has 0 radical (unpaired) electrons. The summed E-state index contributed by atoms with van der Waals surface area (Å²) in [6, 6.07) is 0. The number of hydrogen-bond acceptors (Lipinski definition) is 4. The van der Waals surface area contributed by atoms with Crippen molar-refractivity contribution >= 4 is 28.7 Å². The maximum Gasteiger partial charge on any atom is 0.303 e. The number of aliphatic carboxylic acids is 1. The van der Waals surface area contributed by atoms with Crippen molar-refractivity contribution in [2.24, 2.45) is 0 Å². The molecule has 0 aliphatic rings. The predicted octanol–water partition coefficient (Wildman–Crippen LogP) is 1.34. The quantitative estimate of drug-likeness (QED) is 0.816. The summed E-state index contributed by atoms with van der Waals surface area (Å²) < 4.78 is 1.77. The number of halogens is 1. The number of carboxylic acid groups (broad SMARTS) is 1. The number of rotatable bonds is 4. The Morgan fingerprint density at radius 2 is 2.25 bits per heavy atom. The van der Waals surface area contributed by atoms with Crippen LogP contribution in [0.5, 0.6) is 0 Å². The van der Waals surface area contributed by atoms with Gasteiger partial charge in [0, 0.05) is 13.0 Å². The van der Waals surface area contributed by atoms with Crippen LogP contribution in [0.3, 0.4) is 0 Å². The first-order chi connectivity index (χ1) is 7.68. The van der Waals surface area contributed by atoms with Crippen molar-refractivity contribution in [2.75, 3.05) is 0 Å². The summed E-state index contributed by atoms with van der Waals surface area (Å²) in [5.41, 5.74) is 1.17. The van der Waals surface area contributed by atoms with Crippen LogP contribution in [0, 0.1) is 0 Å². The molecule has 2 rings (SSSR count). The molecule has 0 unspecified atom stereocenters. The minimum absolute atomic E-state index is 0.124. The molecule has 7 heteroatoms. The van der Waals surface area contributed by atoms with Crippen LogP contribution in [-0.4, -0.2) is 30.6 Å². The van der Waals surface area contributed by atoms with Gasteiger partial charge in [-0.05, 0) is 6.42 Å². The number of aryl methyl sites for hydroxylation is 1. The molecular formula is C9H9ClN4O2. The highest BCUT2D eigenvalue weighted by Crippen LogP contribution is 2.17. The molecule has 16 heavy (non-hydrogen) atoms. The zero-order chi connectivity index (χ0) is 11.5. The highest BCUT2D eigenvalue weighted by atomic mass is 35.5. The van der Waals surface area contributed by atoms with Crippen molar-refractivity contribution in [3.8, 4) is 0 Å². The van der Waals surface area contributed by atoms with Crippen LogP contribution >= 0.6 is 11.6 Å². The number of carboxylic acids is 1. The topological polar surface area (TPSA) is 80.9 Å². The highest BCUT2D eigenvalue weighted by molar-refractivity contribution is 6.33. The average Bonchev–Trinajstić information content (AvgIpc) is 2.63. The molecule has 0 amide bonds. The van der Waals surface area contributed by atoms with E-state index in [0.29, 0.717) is 29.3 Å². The number of aromatic nitrogens is 4. The Kier molecular flexibility index (Phi) is 3.00. The third-order valence-corrected chi connectivity index (χ3v) is 2.42. The van der Waals surface area contributed by atoms with E-state index in [2.05, 4.69) is 15.0 Å². The van der Waals surface area contributed by atoms with E-state index in [1.54, 1.807) is 10.9 Å². The lowest BCUT2D eigenvalue weighted by atomic mass is 10.3. The largest absolute Gasteiger partial charge is 0.481 e. The van der Waals surface area contributed by atoms with Crippen molar-refractivity contribution in [3.63, 3.8) is 0 Å². The van der Waals surface area contributed by atoms with Gasteiger partial charge in [-0.3, -0.25) is 4.79 Å². The van der Waals surface area contributed by atoms with E-state index >= 15 is 0 Å². The molecule has 2 aromatic heterocycles. The molecule has 0 spiro atoms. The Hall–Kier alpha value is -1.69. The van der Waals surface area contributed by atoms with E-state index in [-0.39, 0.29) is 6.42 Å². The molecule has 0 fully saturated rings. The summed E-state index contributed by atoms with van der Waals surface area (Å²) in [4.78, 5) is 22.3. The number of carbonyl (C=O) groups is 1. The van der Waals surface area contributed by atoms with E-state index in [0.717, 1.165) is 0 Å². The fourth-order valence-electron chi connectivity index (χ4n) is 1.42. The zero-order valence-corrected chi connectivity index (χ0v) is 9.05. The second kappa shape index (κ2) is 4.44. The van der Waals surface area contributed by atoms with Gasteiger partial charge in [0.25, 0.3) is 0 Å². The van der Waals surface area contributed by atoms with Crippen molar-refractivity contribution in [1.29, 1.82) is 0 Å². The van der Waals surface area contributed by atoms with Crippen molar-refractivity contribution in [3.05, 3.63) is 17.8 Å². The Morgan fingerprint density at radius 3 is 3.00 bits per heavy atom. The standard InChI is InChI=1S/C9H9ClN4O2/c10-8-7-9(12-4-11-8)14(5-13-7)3-1-2-6(15)16/h4-5H,1-3H2,(H,15,16). The first-order valence-corrected chi connectivity index (χ1v) is 5.09. The summed E-state index contributed by atoms with van der Waals surface area (Å²) in [5, 5.41) is 8.84. The van der Waals surface area contributed by atoms with Crippen LogP contribution in [-0.2, 0) is 11.3 Å². The molecule has 2 aromatic rings. The van der Waals surface area contributed by atoms with Crippen LogP contribution in [0.4, 0.5) is 0 Å². The van der Waals surface area contributed by atoms with E-state index in [1.807, 2.05) is 0 Å². The molecule has 0 saturated heterocycles. The van der Waals surface area contributed by atoms with E-state index in [4.69, 9.17) is 16.7 Å². The SMILES string of the molecule is O=C(O)CCCn1cnc2c(Cl)ncnc21. The molecule has 0 bridgehead atoms. The van der Waals surface area contributed by atoms with Gasteiger partial charge in [-0.25, -0.2) is 15.0 Å².